The molecule has 8 nitrogen and oxygen atoms in total. The van der Waals surface area contributed by atoms with Crippen LogP contribution in [0, 0.1) is 17.0 Å². The first-order chi connectivity index (χ1) is 16.2. The van der Waals surface area contributed by atoms with Crippen LogP contribution in [-0.2, 0) is 4.79 Å². The molecule has 0 saturated carbocycles. The zero-order valence-corrected chi connectivity index (χ0v) is 20.4. The zero-order chi connectivity index (χ0) is 24.8. The van der Waals surface area contributed by atoms with Gasteiger partial charge in [-0.05, 0) is 76.5 Å². The zero-order valence-electron chi connectivity index (χ0n) is 18.1. The van der Waals surface area contributed by atoms with Gasteiger partial charge in [-0.25, -0.2) is 0 Å². The number of methoxy groups -OCH3 is 1. The Balaban J connectivity index is 1.99. The highest BCUT2D eigenvalue weighted by molar-refractivity contribution is 9.10. The molecule has 0 aliphatic heterocycles. The third-order valence-electron chi connectivity index (χ3n) is 4.74. The Morgan fingerprint density at radius 2 is 1.88 bits per heavy atom. The van der Waals surface area contributed by atoms with Gasteiger partial charge in [-0.1, -0.05) is 23.7 Å². The molecule has 0 unspecified atom stereocenters. The highest BCUT2D eigenvalue weighted by Crippen LogP contribution is 2.24. The van der Waals surface area contributed by atoms with Crippen LogP contribution in [0.4, 0.5) is 11.4 Å². The molecule has 0 heterocycles. The van der Waals surface area contributed by atoms with Crippen molar-refractivity contribution in [2.24, 2.45) is 0 Å². The Hall–Kier alpha value is -3.69. The monoisotopic (exact) mass is 543 g/mol. The fourth-order valence-corrected chi connectivity index (χ4v) is 3.66. The molecule has 0 aliphatic carbocycles. The average Bonchev–Trinajstić information content (AvgIpc) is 2.80. The maximum absolute atomic E-state index is 13.2. The number of nitrogens with one attached hydrogen (secondary N) is 2. The van der Waals surface area contributed by atoms with Gasteiger partial charge < -0.3 is 15.4 Å². The summed E-state index contributed by atoms with van der Waals surface area (Å²) in [6.45, 7) is 1.78. The minimum atomic E-state index is -0.621. The van der Waals surface area contributed by atoms with E-state index in [1.807, 2.05) is 0 Å². The lowest BCUT2D eigenvalue weighted by atomic mass is 10.1. The summed E-state index contributed by atoms with van der Waals surface area (Å²) in [6.07, 6.45) is 1.36. The number of rotatable bonds is 7. The molecule has 10 heteroatoms. The molecule has 0 aromatic heterocycles. The van der Waals surface area contributed by atoms with E-state index in [9.17, 15) is 19.7 Å². The van der Waals surface area contributed by atoms with Crippen molar-refractivity contribution in [1.29, 1.82) is 0 Å². The number of carbonyl (C=O) groups is 2. The molecule has 0 radical (unpaired) electrons. The van der Waals surface area contributed by atoms with Crippen LogP contribution in [0.2, 0.25) is 5.02 Å². The van der Waals surface area contributed by atoms with Gasteiger partial charge in [0.1, 0.15) is 11.4 Å². The summed E-state index contributed by atoms with van der Waals surface area (Å²) in [5, 5.41) is 17.0. The summed E-state index contributed by atoms with van der Waals surface area (Å²) in [6, 6.07) is 15.5. The largest absolute Gasteiger partial charge is 0.497 e. The fraction of sp³-hybridized carbons (Fsp3) is 0.0833. The Bertz CT molecular complexity index is 1310. The van der Waals surface area contributed by atoms with Crippen molar-refractivity contribution in [3.63, 3.8) is 0 Å². The van der Waals surface area contributed by atoms with E-state index in [2.05, 4.69) is 26.6 Å². The van der Waals surface area contributed by atoms with E-state index in [0.717, 1.165) is 5.56 Å². The van der Waals surface area contributed by atoms with Gasteiger partial charge in [-0.2, -0.15) is 0 Å². The number of ether oxygens (including phenoxy) is 1. The normalized spacial score (nSPS) is 11.0. The van der Waals surface area contributed by atoms with Crippen LogP contribution in [0.15, 0.2) is 70.8 Å². The minimum absolute atomic E-state index is 0.116. The van der Waals surface area contributed by atoms with E-state index >= 15 is 0 Å². The van der Waals surface area contributed by atoms with Crippen molar-refractivity contribution in [3.8, 4) is 5.75 Å². The maximum atomic E-state index is 13.2. The summed E-state index contributed by atoms with van der Waals surface area (Å²) in [5.74, 6) is -0.742. The summed E-state index contributed by atoms with van der Waals surface area (Å²) in [5.41, 5.74) is 1.55. The first-order valence-electron chi connectivity index (χ1n) is 9.86. The summed E-state index contributed by atoms with van der Waals surface area (Å²) in [4.78, 5) is 36.8. The third kappa shape index (κ3) is 6.21. The van der Waals surface area contributed by atoms with Gasteiger partial charge in [-0.15, -0.1) is 0 Å². The van der Waals surface area contributed by atoms with Gasteiger partial charge in [-0.3, -0.25) is 19.7 Å². The van der Waals surface area contributed by atoms with Crippen molar-refractivity contribution in [2.75, 3.05) is 12.4 Å². The van der Waals surface area contributed by atoms with Gasteiger partial charge >= 0.3 is 0 Å². The van der Waals surface area contributed by atoms with Gasteiger partial charge in [0.15, 0.2) is 0 Å². The van der Waals surface area contributed by atoms with Gasteiger partial charge in [0.2, 0.25) is 0 Å². The van der Waals surface area contributed by atoms with Crippen LogP contribution in [0.3, 0.4) is 0 Å². The van der Waals surface area contributed by atoms with E-state index in [-0.39, 0.29) is 16.9 Å². The Labute approximate surface area is 208 Å². The number of halogens is 2. The number of nitro benzene ring substituents is 1. The van der Waals surface area contributed by atoms with Crippen molar-refractivity contribution < 1.29 is 19.2 Å². The van der Waals surface area contributed by atoms with Crippen LogP contribution in [0.25, 0.3) is 6.08 Å². The molecule has 3 aromatic rings. The van der Waals surface area contributed by atoms with Crippen LogP contribution in [0.5, 0.6) is 5.75 Å². The molecule has 3 aromatic carbocycles. The average molecular weight is 545 g/mol. The third-order valence-corrected chi connectivity index (χ3v) is 5.67. The highest BCUT2D eigenvalue weighted by Gasteiger charge is 2.19. The summed E-state index contributed by atoms with van der Waals surface area (Å²) < 4.78 is 5.67. The predicted octanol–water partition coefficient (Wildman–Crippen LogP) is 5.74. The molecule has 34 heavy (non-hydrogen) atoms. The molecular formula is C24H19BrClN3O5. The lowest BCUT2D eigenvalue weighted by Gasteiger charge is -2.14. The van der Waals surface area contributed by atoms with Gasteiger partial charge in [0, 0.05) is 27.3 Å². The van der Waals surface area contributed by atoms with Crippen LogP contribution >= 0.6 is 27.5 Å². The molecule has 0 fully saturated rings. The number of benzene rings is 3. The van der Waals surface area contributed by atoms with E-state index < -0.39 is 16.7 Å². The van der Waals surface area contributed by atoms with E-state index in [1.165, 1.54) is 37.5 Å². The Kier molecular flexibility index (Phi) is 8.04. The van der Waals surface area contributed by atoms with Crippen molar-refractivity contribution in [1.82, 2.24) is 5.32 Å². The van der Waals surface area contributed by atoms with Crippen LogP contribution in [-0.4, -0.2) is 23.8 Å². The Morgan fingerprint density at radius 3 is 2.56 bits per heavy atom. The molecule has 2 N–H and O–H groups in total. The summed E-state index contributed by atoms with van der Waals surface area (Å²) in [7, 11) is 1.47. The smallest absolute Gasteiger partial charge is 0.272 e. The lowest BCUT2D eigenvalue weighted by Crippen LogP contribution is -2.31. The standard InChI is InChI=1S/C24H19BrClN3O5/c1-14-10-16(26)6-9-21(14)27-24(31)22(12-15-4-3-5-17(11-15)29(32)33)28-23(30)19-13-18(34-2)7-8-20(19)25/h3-13H,1-2H3,(H,27,31)(H,28,30). The molecule has 0 bridgehead atoms. The quantitative estimate of drug-likeness (QED) is 0.224. The van der Waals surface area contributed by atoms with Crippen LogP contribution in [0.1, 0.15) is 21.5 Å². The van der Waals surface area contributed by atoms with Crippen molar-refractivity contribution in [2.45, 2.75) is 6.92 Å². The first-order valence-corrected chi connectivity index (χ1v) is 11.0. The number of non-ortho nitro benzene ring substituents is 1. The maximum Gasteiger partial charge on any atom is 0.272 e. The van der Waals surface area contributed by atoms with E-state index in [4.69, 9.17) is 16.3 Å². The molecule has 2 amide bonds. The van der Waals surface area contributed by atoms with E-state index in [1.54, 1.807) is 43.3 Å². The first kappa shape index (κ1) is 24.9. The number of hydrogen-bond acceptors (Lipinski definition) is 5. The number of amides is 2. The van der Waals surface area contributed by atoms with Crippen LogP contribution < -0.4 is 15.4 Å². The number of carbonyl (C=O) groups excluding carboxylic acids is 2. The number of nitrogens with zero attached hydrogens (tertiary/aromatic N) is 1. The van der Waals surface area contributed by atoms with Crippen molar-refractivity contribution in [3.05, 3.63) is 103 Å². The lowest BCUT2D eigenvalue weighted by molar-refractivity contribution is -0.384. The summed E-state index contributed by atoms with van der Waals surface area (Å²) >= 11 is 9.31. The topological polar surface area (TPSA) is 111 Å². The fourth-order valence-electron chi connectivity index (χ4n) is 3.01. The number of anilines is 1. The second kappa shape index (κ2) is 11.0. The van der Waals surface area contributed by atoms with Gasteiger partial charge in [0.05, 0.1) is 17.6 Å². The SMILES string of the molecule is COc1ccc(Br)c(C(=O)NC(=Cc2cccc([N+](=O)[O-])c2)C(=O)Nc2ccc(Cl)cc2C)c1. The molecule has 174 valence electrons. The molecule has 0 saturated heterocycles. The molecule has 0 spiro atoms. The molecule has 0 atom stereocenters. The number of aryl methyl sites for hydroxylation is 1. The molecular weight excluding hydrogens is 526 g/mol. The number of nitro groups is 1. The molecule has 3 rings (SSSR count). The van der Waals surface area contributed by atoms with E-state index in [0.29, 0.717) is 26.5 Å². The molecule has 0 aliphatic rings. The van der Waals surface area contributed by atoms with Crippen molar-refractivity contribution >= 4 is 56.8 Å². The second-order valence-corrected chi connectivity index (χ2v) is 8.41. The second-order valence-electron chi connectivity index (χ2n) is 7.12. The highest BCUT2D eigenvalue weighted by atomic mass is 79.9. The Morgan fingerprint density at radius 1 is 1.12 bits per heavy atom. The van der Waals surface area contributed by atoms with Gasteiger partial charge in [0.25, 0.3) is 17.5 Å². The predicted molar refractivity (Wildman–Crippen MR) is 134 cm³/mol. The number of hydrogen-bond donors (Lipinski definition) is 2. The minimum Gasteiger partial charge on any atom is -0.497 e.